The highest BCUT2D eigenvalue weighted by molar-refractivity contribution is 7.92. The van der Waals surface area contributed by atoms with Gasteiger partial charge in [0.25, 0.3) is 15.9 Å². The van der Waals surface area contributed by atoms with Gasteiger partial charge in [0.15, 0.2) is 5.82 Å². The van der Waals surface area contributed by atoms with Gasteiger partial charge in [-0.2, -0.15) is 5.10 Å². The minimum Gasteiger partial charge on any atom is -0.382 e. The molecular formula is C18H26N4O4S. The van der Waals surface area contributed by atoms with Crippen molar-refractivity contribution < 1.29 is 17.9 Å². The van der Waals surface area contributed by atoms with Crippen molar-refractivity contribution in [1.29, 1.82) is 0 Å². The molecule has 1 heterocycles. The number of aryl methyl sites for hydroxylation is 2. The van der Waals surface area contributed by atoms with Crippen LogP contribution in [0.25, 0.3) is 0 Å². The maximum Gasteiger partial charge on any atom is 0.265 e. The highest BCUT2D eigenvalue weighted by Crippen LogP contribution is 2.25. The highest BCUT2D eigenvalue weighted by Gasteiger charge is 2.28. The van der Waals surface area contributed by atoms with Crippen LogP contribution in [0.4, 0.5) is 5.82 Å². The molecule has 1 amide bonds. The molecule has 148 valence electrons. The van der Waals surface area contributed by atoms with Gasteiger partial charge in [-0.3, -0.25) is 13.8 Å². The molecule has 2 rings (SSSR count). The average molecular weight is 394 g/mol. The molecule has 0 unspecified atom stereocenters. The van der Waals surface area contributed by atoms with E-state index < -0.39 is 10.0 Å². The quantitative estimate of drug-likeness (QED) is 0.654. The van der Waals surface area contributed by atoms with Crippen LogP contribution in [0.3, 0.4) is 0 Å². The lowest BCUT2D eigenvalue weighted by atomic mass is 10.2. The van der Waals surface area contributed by atoms with Crippen molar-refractivity contribution in [3.63, 3.8) is 0 Å². The molecule has 0 saturated heterocycles. The minimum absolute atomic E-state index is 0.153. The summed E-state index contributed by atoms with van der Waals surface area (Å²) >= 11 is 0. The molecule has 2 aromatic rings. The van der Waals surface area contributed by atoms with Gasteiger partial charge in [0.2, 0.25) is 0 Å². The first kappa shape index (κ1) is 20.9. The Hall–Kier alpha value is -2.39. The summed E-state index contributed by atoms with van der Waals surface area (Å²) in [5, 5.41) is 6.83. The van der Waals surface area contributed by atoms with Crippen molar-refractivity contribution in [3.8, 4) is 0 Å². The number of carbonyl (C=O) groups is 1. The Morgan fingerprint density at radius 3 is 2.59 bits per heavy atom. The summed E-state index contributed by atoms with van der Waals surface area (Å²) in [6.07, 6.45) is 2.04. The van der Waals surface area contributed by atoms with Crippen LogP contribution in [0.2, 0.25) is 0 Å². The molecule has 1 aromatic heterocycles. The lowest BCUT2D eigenvalue weighted by Crippen LogP contribution is -2.32. The molecule has 0 saturated carbocycles. The molecule has 0 atom stereocenters. The zero-order valence-corrected chi connectivity index (χ0v) is 16.9. The number of rotatable bonds is 9. The second-order valence-electron chi connectivity index (χ2n) is 6.10. The van der Waals surface area contributed by atoms with E-state index in [-0.39, 0.29) is 22.2 Å². The molecule has 0 spiro atoms. The van der Waals surface area contributed by atoms with E-state index >= 15 is 0 Å². The van der Waals surface area contributed by atoms with Gasteiger partial charge in [0.1, 0.15) is 5.56 Å². The van der Waals surface area contributed by atoms with Crippen molar-refractivity contribution in [1.82, 2.24) is 15.1 Å². The summed E-state index contributed by atoms with van der Waals surface area (Å²) in [6, 6.07) is 6.56. The predicted molar refractivity (Wildman–Crippen MR) is 103 cm³/mol. The first-order chi connectivity index (χ1) is 12.8. The molecule has 1 aromatic carbocycles. The van der Waals surface area contributed by atoms with E-state index in [0.29, 0.717) is 26.2 Å². The summed E-state index contributed by atoms with van der Waals surface area (Å²) in [7, 11) is -0.803. The fourth-order valence-corrected chi connectivity index (χ4v) is 3.80. The number of amides is 1. The molecule has 27 heavy (non-hydrogen) atoms. The zero-order chi connectivity index (χ0) is 20.0. The SMILES string of the molecule is CCOCCCNC(=O)c1cnn(C)c1N(C)S(=O)(=O)c1ccc(C)cc1. The zero-order valence-electron chi connectivity index (χ0n) is 16.1. The summed E-state index contributed by atoms with van der Waals surface area (Å²) in [5.74, 6) is -0.168. The minimum atomic E-state index is -3.82. The fourth-order valence-electron chi connectivity index (χ4n) is 2.56. The predicted octanol–water partition coefficient (Wildman–Crippen LogP) is 1.71. The van der Waals surface area contributed by atoms with Crippen LogP contribution >= 0.6 is 0 Å². The number of nitrogens with zero attached hydrogens (tertiary/aromatic N) is 3. The Kier molecular flexibility index (Phi) is 6.98. The molecular weight excluding hydrogens is 368 g/mol. The van der Waals surface area contributed by atoms with E-state index in [2.05, 4.69) is 10.4 Å². The van der Waals surface area contributed by atoms with E-state index in [1.807, 2.05) is 13.8 Å². The molecule has 0 aliphatic carbocycles. The van der Waals surface area contributed by atoms with Crippen LogP contribution in [0.5, 0.6) is 0 Å². The number of carbonyl (C=O) groups excluding carboxylic acids is 1. The lowest BCUT2D eigenvalue weighted by molar-refractivity contribution is 0.0945. The van der Waals surface area contributed by atoms with Gasteiger partial charge in [-0.05, 0) is 32.4 Å². The molecule has 0 radical (unpaired) electrons. The Balaban J connectivity index is 2.21. The van der Waals surface area contributed by atoms with E-state index in [1.165, 1.54) is 17.9 Å². The summed E-state index contributed by atoms with van der Waals surface area (Å²) in [5.41, 5.74) is 1.16. The van der Waals surface area contributed by atoms with Crippen LogP contribution in [-0.4, -0.2) is 50.9 Å². The number of anilines is 1. The molecule has 9 heteroatoms. The third kappa shape index (κ3) is 4.86. The van der Waals surface area contributed by atoms with E-state index in [1.54, 1.807) is 31.3 Å². The normalized spacial score (nSPS) is 11.4. The fraction of sp³-hybridized carbons (Fsp3) is 0.444. The van der Waals surface area contributed by atoms with Crippen molar-refractivity contribution in [2.45, 2.75) is 25.2 Å². The Morgan fingerprint density at radius 2 is 1.96 bits per heavy atom. The van der Waals surface area contributed by atoms with Gasteiger partial charge >= 0.3 is 0 Å². The lowest BCUT2D eigenvalue weighted by Gasteiger charge is -2.21. The third-order valence-electron chi connectivity index (χ3n) is 4.08. The molecule has 0 aliphatic rings. The van der Waals surface area contributed by atoms with Gasteiger partial charge in [-0.1, -0.05) is 17.7 Å². The second-order valence-corrected chi connectivity index (χ2v) is 8.07. The Morgan fingerprint density at radius 1 is 1.30 bits per heavy atom. The topological polar surface area (TPSA) is 93.5 Å². The van der Waals surface area contributed by atoms with E-state index in [4.69, 9.17) is 4.74 Å². The molecule has 8 nitrogen and oxygen atoms in total. The van der Waals surface area contributed by atoms with Gasteiger partial charge in [0, 0.05) is 33.9 Å². The standard InChI is InChI=1S/C18H26N4O4S/c1-5-26-12-6-11-19-17(23)16-13-20-21(3)18(16)22(4)27(24,25)15-9-7-14(2)8-10-15/h7-10,13H,5-6,11-12H2,1-4H3,(H,19,23). The van der Waals surface area contributed by atoms with Crippen molar-refractivity contribution in [2.24, 2.45) is 7.05 Å². The van der Waals surface area contributed by atoms with Crippen LogP contribution < -0.4 is 9.62 Å². The number of ether oxygens (including phenoxy) is 1. The molecule has 0 bridgehead atoms. The Bertz CT molecular complexity index is 875. The van der Waals surface area contributed by atoms with Crippen LogP contribution in [0.15, 0.2) is 35.4 Å². The highest BCUT2D eigenvalue weighted by atomic mass is 32.2. The van der Waals surface area contributed by atoms with Crippen molar-refractivity contribution in [3.05, 3.63) is 41.6 Å². The maximum atomic E-state index is 12.9. The Labute approximate surface area is 160 Å². The second kappa shape index (κ2) is 9.01. The monoisotopic (exact) mass is 394 g/mol. The van der Waals surface area contributed by atoms with Crippen molar-refractivity contribution >= 4 is 21.7 Å². The van der Waals surface area contributed by atoms with Gasteiger partial charge in [-0.15, -0.1) is 0 Å². The number of sulfonamides is 1. The smallest absolute Gasteiger partial charge is 0.265 e. The maximum absolute atomic E-state index is 12.9. The summed E-state index contributed by atoms with van der Waals surface area (Å²) in [4.78, 5) is 12.7. The number of hydrogen-bond donors (Lipinski definition) is 1. The van der Waals surface area contributed by atoms with Crippen molar-refractivity contribution in [2.75, 3.05) is 31.1 Å². The summed E-state index contributed by atoms with van der Waals surface area (Å²) in [6.45, 7) is 5.41. The van der Waals surface area contributed by atoms with Crippen LogP contribution in [-0.2, 0) is 21.8 Å². The van der Waals surface area contributed by atoms with Crippen LogP contribution in [0, 0.1) is 6.92 Å². The third-order valence-corrected chi connectivity index (χ3v) is 5.85. The van der Waals surface area contributed by atoms with Gasteiger partial charge in [0.05, 0.1) is 11.1 Å². The van der Waals surface area contributed by atoms with Crippen LogP contribution in [0.1, 0.15) is 29.3 Å². The number of benzene rings is 1. The average Bonchev–Trinajstić information content (AvgIpc) is 3.02. The van der Waals surface area contributed by atoms with Gasteiger partial charge < -0.3 is 10.1 Å². The van der Waals surface area contributed by atoms with E-state index in [0.717, 1.165) is 9.87 Å². The number of nitrogens with one attached hydrogen (secondary N) is 1. The molecule has 0 aliphatic heterocycles. The first-order valence-corrected chi connectivity index (χ1v) is 10.2. The first-order valence-electron chi connectivity index (χ1n) is 8.72. The number of aromatic nitrogens is 2. The molecule has 1 N–H and O–H groups in total. The number of hydrogen-bond acceptors (Lipinski definition) is 5. The molecule has 0 fully saturated rings. The summed E-state index contributed by atoms with van der Waals surface area (Å²) < 4.78 is 33.6. The van der Waals surface area contributed by atoms with Gasteiger partial charge in [-0.25, -0.2) is 8.42 Å². The largest absolute Gasteiger partial charge is 0.382 e. The van der Waals surface area contributed by atoms with E-state index in [9.17, 15) is 13.2 Å².